The zero-order valence-corrected chi connectivity index (χ0v) is 18.1. The van der Waals surface area contributed by atoms with Crippen molar-refractivity contribution in [1.29, 1.82) is 0 Å². The molecule has 1 aromatic heterocycles. The quantitative estimate of drug-likeness (QED) is 0.736. The highest BCUT2D eigenvalue weighted by atomic mass is 32.1. The summed E-state index contributed by atoms with van der Waals surface area (Å²) in [7, 11) is 0. The molecule has 0 saturated heterocycles. The van der Waals surface area contributed by atoms with Gasteiger partial charge < -0.3 is 14.5 Å². The third-order valence-electron chi connectivity index (χ3n) is 5.12. The normalized spacial score (nSPS) is 16.3. The first-order chi connectivity index (χ1) is 13.7. The van der Waals surface area contributed by atoms with E-state index in [0.29, 0.717) is 12.3 Å². The Kier molecular flexibility index (Phi) is 6.27. The Morgan fingerprint density at radius 2 is 1.93 bits per heavy atom. The molecule has 5 nitrogen and oxygen atoms in total. The van der Waals surface area contributed by atoms with Crippen molar-refractivity contribution in [2.75, 3.05) is 19.7 Å². The van der Waals surface area contributed by atoms with Crippen molar-refractivity contribution in [3.63, 3.8) is 0 Å². The van der Waals surface area contributed by atoms with Crippen LogP contribution < -0.4 is 4.74 Å². The van der Waals surface area contributed by atoms with Crippen LogP contribution in [0.15, 0.2) is 35.7 Å². The molecular formula is C22H27FN2O3S. The lowest BCUT2D eigenvalue weighted by molar-refractivity contribution is -0.145. The summed E-state index contributed by atoms with van der Waals surface area (Å²) in [5.74, 6) is 0.0116. The molecule has 1 atom stereocenters. The van der Waals surface area contributed by atoms with E-state index in [1.807, 2.05) is 32.2 Å². The molecule has 7 heteroatoms. The van der Waals surface area contributed by atoms with E-state index >= 15 is 0 Å². The van der Waals surface area contributed by atoms with Crippen LogP contribution in [0.1, 0.15) is 44.2 Å². The fraction of sp³-hybridized carbons (Fsp3) is 0.455. The maximum absolute atomic E-state index is 13.2. The van der Waals surface area contributed by atoms with Crippen LogP contribution in [0.3, 0.4) is 0 Å². The average molecular weight is 419 g/mol. The van der Waals surface area contributed by atoms with Gasteiger partial charge in [0.1, 0.15) is 24.7 Å². The molecule has 3 rings (SSSR count). The van der Waals surface area contributed by atoms with Gasteiger partial charge >= 0.3 is 0 Å². The predicted molar refractivity (Wildman–Crippen MR) is 112 cm³/mol. The Bertz CT molecular complexity index is 873. The molecule has 0 N–H and O–H groups in total. The van der Waals surface area contributed by atoms with Crippen LogP contribution in [-0.2, 0) is 16.0 Å². The molecule has 1 aromatic carbocycles. The number of rotatable bonds is 5. The molecule has 0 unspecified atom stereocenters. The lowest BCUT2D eigenvalue weighted by Crippen LogP contribution is -2.52. The molecule has 1 aliphatic heterocycles. The van der Waals surface area contributed by atoms with Gasteiger partial charge in [0, 0.05) is 23.9 Å². The molecule has 0 bridgehead atoms. The molecule has 0 fully saturated rings. The minimum absolute atomic E-state index is 0.0331. The van der Waals surface area contributed by atoms with Crippen LogP contribution in [0.25, 0.3) is 0 Å². The number of nitrogens with zero attached hydrogens (tertiary/aromatic N) is 2. The Morgan fingerprint density at radius 1 is 1.24 bits per heavy atom. The minimum Gasteiger partial charge on any atom is -0.491 e. The summed E-state index contributed by atoms with van der Waals surface area (Å²) in [6, 6.07) is 7.65. The fourth-order valence-corrected chi connectivity index (χ4v) is 4.56. The number of carbonyl (C=O) groups is 2. The molecule has 1 aliphatic rings. The molecule has 0 aliphatic carbocycles. The zero-order chi connectivity index (χ0) is 21.2. The van der Waals surface area contributed by atoms with Crippen LogP contribution in [0, 0.1) is 5.82 Å². The molecule has 2 amide bonds. The lowest BCUT2D eigenvalue weighted by Gasteiger charge is -2.39. The summed E-state index contributed by atoms with van der Waals surface area (Å²) in [4.78, 5) is 29.9. The van der Waals surface area contributed by atoms with E-state index in [1.165, 1.54) is 23.9 Å². The summed E-state index contributed by atoms with van der Waals surface area (Å²) in [6.07, 6.45) is 0.793. The highest BCUT2D eigenvalue weighted by Crippen LogP contribution is 2.34. The van der Waals surface area contributed by atoms with Crippen LogP contribution in [0.2, 0.25) is 0 Å². The van der Waals surface area contributed by atoms with E-state index in [4.69, 9.17) is 4.74 Å². The van der Waals surface area contributed by atoms with E-state index in [-0.39, 0.29) is 36.8 Å². The maximum Gasteiger partial charge on any atom is 0.242 e. The van der Waals surface area contributed by atoms with Gasteiger partial charge in [-0.25, -0.2) is 4.39 Å². The average Bonchev–Trinajstić information content (AvgIpc) is 3.13. The smallest absolute Gasteiger partial charge is 0.242 e. The highest BCUT2D eigenvalue weighted by molar-refractivity contribution is 7.10. The van der Waals surface area contributed by atoms with Crippen LogP contribution in [0.4, 0.5) is 4.39 Å². The zero-order valence-electron chi connectivity index (χ0n) is 17.3. The second-order valence-electron chi connectivity index (χ2n) is 8.19. The van der Waals surface area contributed by atoms with Gasteiger partial charge in [0.25, 0.3) is 0 Å². The van der Waals surface area contributed by atoms with Crippen LogP contribution in [0.5, 0.6) is 5.75 Å². The Hall–Kier alpha value is -2.41. The molecule has 156 valence electrons. The van der Waals surface area contributed by atoms with Crippen molar-refractivity contribution < 1.29 is 18.7 Å². The van der Waals surface area contributed by atoms with Gasteiger partial charge in [0.05, 0.1) is 6.04 Å². The second-order valence-corrected chi connectivity index (χ2v) is 9.19. The number of amides is 2. The van der Waals surface area contributed by atoms with Gasteiger partial charge in [0.2, 0.25) is 11.8 Å². The van der Waals surface area contributed by atoms with Gasteiger partial charge in [-0.3, -0.25) is 9.59 Å². The van der Waals surface area contributed by atoms with E-state index in [0.717, 1.165) is 12.0 Å². The number of fused-ring (bicyclic) bond motifs is 1. The maximum atomic E-state index is 13.2. The van der Waals surface area contributed by atoms with Gasteiger partial charge in [-0.2, -0.15) is 0 Å². The van der Waals surface area contributed by atoms with Crippen molar-refractivity contribution in [3.8, 4) is 5.75 Å². The Balaban J connectivity index is 1.79. The molecule has 2 heterocycles. The first-order valence-corrected chi connectivity index (χ1v) is 10.6. The number of hydrogen-bond donors (Lipinski definition) is 0. The van der Waals surface area contributed by atoms with E-state index in [9.17, 15) is 14.0 Å². The second kappa shape index (κ2) is 8.53. The first kappa shape index (κ1) is 21.3. The summed E-state index contributed by atoms with van der Waals surface area (Å²) >= 11 is 1.68. The third kappa shape index (κ3) is 4.96. The van der Waals surface area contributed by atoms with E-state index in [2.05, 4.69) is 0 Å². The van der Waals surface area contributed by atoms with Crippen molar-refractivity contribution in [2.24, 2.45) is 0 Å². The largest absolute Gasteiger partial charge is 0.491 e. The molecule has 0 saturated carbocycles. The summed E-state index contributed by atoms with van der Waals surface area (Å²) in [6.45, 7) is 8.14. The Morgan fingerprint density at radius 3 is 2.55 bits per heavy atom. The minimum atomic E-state index is -0.440. The number of halogens is 1. The lowest BCUT2D eigenvalue weighted by atomic mass is 10.00. The SMILES string of the molecule is CC(=O)N(CC(=O)N1CCc2sccc2[C@@H]1COc1ccc(F)cc1)C(C)(C)C. The molecule has 0 spiro atoms. The van der Waals surface area contributed by atoms with Crippen molar-refractivity contribution in [3.05, 3.63) is 52.0 Å². The predicted octanol–water partition coefficient (Wildman–Crippen LogP) is 4.04. The van der Waals surface area contributed by atoms with Crippen molar-refractivity contribution in [1.82, 2.24) is 9.80 Å². The monoisotopic (exact) mass is 418 g/mol. The summed E-state index contributed by atoms with van der Waals surface area (Å²) in [5, 5.41) is 2.03. The topological polar surface area (TPSA) is 49.9 Å². The van der Waals surface area contributed by atoms with Crippen LogP contribution in [-0.4, -0.2) is 46.8 Å². The third-order valence-corrected chi connectivity index (χ3v) is 6.12. The standard InChI is InChI=1S/C22H27FN2O3S/c1-15(26)25(22(2,3)4)13-21(27)24-11-9-20-18(10-12-29-20)19(24)14-28-17-7-5-16(23)6-8-17/h5-8,10,12,19H,9,11,13-14H2,1-4H3/t19-/m0/s1. The fourth-order valence-electron chi connectivity index (χ4n) is 3.63. The van der Waals surface area contributed by atoms with E-state index in [1.54, 1.807) is 33.3 Å². The van der Waals surface area contributed by atoms with Crippen molar-refractivity contribution in [2.45, 2.75) is 45.7 Å². The number of hydrogen-bond acceptors (Lipinski definition) is 4. The van der Waals surface area contributed by atoms with Crippen LogP contribution >= 0.6 is 11.3 Å². The first-order valence-electron chi connectivity index (χ1n) is 9.69. The van der Waals surface area contributed by atoms with E-state index < -0.39 is 5.54 Å². The van der Waals surface area contributed by atoms with Gasteiger partial charge in [-0.1, -0.05) is 0 Å². The number of benzene rings is 1. The highest BCUT2D eigenvalue weighted by Gasteiger charge is 2.35. The van der Waals surface area contributed by atoms with Crippen molar-refractivity contribution >= 4 is 23.2 Å². The summed E-state index contributed by atoms with van der Waals surface area (Å²) < 4.78 is 19.0. The molecule has 2 aromatic rings. The van der Waals surface area contributed by atoms with Gasteiger partial charge in [0.15, 0.2) is 0 Å². The number of ether oxygens (including phenoxy) is 1. The number of carbonyl (C=O) groups excluding carboxylic acids is 2. The molecule has 0 radical (unpaired) electrons. The van der Waals surface area contributed by atoms with Gasteiger partial charge in [-0.15, -0.1) is 11.3 Å². The molecular weight excluding hydrogens is 391 g/mol. The Labute approximate surface area is 175 Å². The van der Waals surface area contributed by atoms with Gasteiger partial charge in [-0.05, 0) is 68.5 Å². The summed E-state index contributed by atoms with van der Waals surface area (Å²) in [5.41, 5.74) is 0.645. The molecule has 29 heavy (non-hydrogen) atoms. The number of thiophene rings is 1.